The molecule has 0 saturated heterocycles. The number of hydrogen-bond acceptors (Lipinski definition) is 5. The molecule has 11 heteroatoms. The molecule has 0 unspecified atom stereocenters. The van der Waals surface area contributed by atoms with E-state index in [-0.39, 0.29) is 34.7 Å². The summed E-state index contributed by atoms with van der Waals surface area (Å²) in [6, 6.07) is 6.55. The summed E-state index contributed by atoms with van der Waals surface area (Å²) in [4.78, 5) is 16.9. The second-order valence-electron chi connectivity index (χ2n) is 7.10. The lowest BCUT2D eigenvalue weighted by Crippen LogP contribution is -2.32. The standard InChI is InChI=1S/C19H19Cl2N5O3S/c1-12-9-17(16(21)10-15(12)20)30(28,29)23-7-8-25-19(27)26(14-4-5-14)18(24-25)13-3-2-6-22-11-13/h2-3,6,9-11,14,23H,4-5,7-8H2,1H3. The highest BCUT2D eigenvalue weighted by atomic mass is 35.5. The van der Waals surface area contributed by atoms with Crippen molar-refractivity contribution < 1.29 is 8.42 Å². The molecule has 2 heterocycles. The molecule has 4 rings (SSSR count). The topological polar surface area (TPSA) is 98.9 Å². The molecule has 0 radical (unpaired) electrons. The minimum absolute atomic E-state index is 0.0194. The first-order valence-corrected chi connectivity index (χ1v) is 11.6. The first-order chi connectivity index (χ1) is 14.3. The number of aromatic nitrogens is 4. The summed E-state index contributed by atoms with van der Waals surface area (Å²) in [7, 11) is -3.87. The van der Waals surface area contributed by atoms with Crippen LogP contribution in [0.5, 0.6) is 0 Å². The molecule has 2 aromatic heterocycles. The van der Waals surface area contributed by atoms with Crippen molar-refractivity contribution in [1.29, 1.82) is 0 Å². The van der Waals surface area contributed by atoms with Crippen molar-refractivity contribution in [1.82, 2.24) is 24.1 Å². The summed E-state index contributed by atoms with van der Waals surface area (Å²) < 4.78 is 30.7. The smallest absolute Gasteiger partial charge is 0.272 e. The van der Waals surface area contributed by atoms with Gasteiger partial charge in [0.15, 0.2) is 5.82 Å². The fourth-order valence-electron chi connectivity index (χ4n) is 3.12. The minimum atomic E-state index is -3.87. The van der Waals surface area contributed by atoms with Gasteiger partial charge in [-0.3, -0.25) is 9.55 Å². The number of pyridine rings is 1. The normalized spacial score (nSPS) is 14.2. The summed E-state index contributed by atoms with van der Waals surface area (Å²) in [5.74, 6) is 0.537. The Morgan fingerprint density at radius 2 is 2.00 bits per heavy atom. The van der Waals surface area contributed by atoms with E-state index in [4.69, 9.17) is 23.2 Å². The summed E-state index contributed by atoms with van der Waals surface area (Å²) >= 11 is 12.0. The number of benzene rings is 1. The van der Waals surface area contributed by atoms with E-state index in [1.807, 2.05) is 6.07 Å². The van der Waals surface area contributed by atoms with E-state index < -0.39 is 10.0 Å². The second-order valence-corrected chi connectivity index (χ2v) is 9.65. The van der Waals surface area contributed by atoms with Crippen molar-refractivity contribution in [3.63, 3.8) is 0 Å². The fourth-order valence-corrected chi connectivity index (χ4v) is 4.97. The monoisotopic (exact) mass is 467 g/mol. The first-order valence-electron chi connectivity index (χ1n) is 9.33. The van der Waals surface area contributed by atoms with Crippen molar-refractivity contribution in [3.8, 4) is 11.4 Å². The highest BCUT2D eigenvalue weighted by Crippen LogP contribution is 2.36. The third kappa shape index (κ3) is 4.15. The second kappa shape index (κ2) is 8.14. The Morgan fingerprint density at radius 3 is 2.67 bits per heavy atom. The van der Waals surface area contributed by atoms with Crippen molar-refractivity contribution in [2.24, 2.45) is 0 Å². The Hall–Kier alpha value is -2.20. The van der Waals surface area contributed by atoms with Crippen LogP contribution in [0.25, 0.3) is 11.4 Å². The molecule has 1 saturated carbocycles. The largest absolute Gasteiger partial charge is 0.346 e. The number of rotatable bonds is 7. The molecular weight excluding hydrogens is 449 g/mol. The van der Waals surface area contributed by atoms with Gasteiger partial charge < -0.3 is 0 Å². The van der Waals surface area contributed by atoms with E-state index in [2.05, 4.69) is 14.8 Å². The summed E-state index contributed by atoms with van der Waals surface area (Å²) in [5.41, 5.74) is 1.07. The number of nitrogens with zero attached hydrogens (tertiary/aromatic N) is 4. The molecule has 1 fully saturated rings. The van der Waals surface area contributed by atoms with E-state index in [0.29, 0.717) is 16.4 Å². The molecule has 1 N–H and O–H groups in total. The Balaban J connectivity index is 1.55. The van der Waals surface area contributed by atoms with Gasteiger partial charge in [0.2, 0.25) is 10.0 Å². The minimum Gasteiger partial charge on any atom is -0.272 e. The lowest BCUT2D eigenvalue weighted by Gasteiger charge is -2.10. The molecule has 1 aliphatic carbocycles. The van der Waals surface area contributed by atoms with Gasteiger partial charge in [0.05, 0.1) is 11.6 Å². The SMILES string of the molecule is Cc1cc(S(=O)(=O)NCCn2nc(-c3cccnc3)n(C3CC3)c2=O)c(Cl)cc1Cl. The third-order valence-corrected chi connectivity index (χ3v) is 7.15. The zero-order valence-electron chi connectivity index (χ0n) is 16.0. The predicted octanol–water partition coefficient (Wildman–Crippen LogP) is 3.04. The van der Waals surface area contributed by atoms with Gasteiger partial charge in [-0.25, -0.2) is 22.6 Å². The Morgan fingerprint density at radius 1 is 1.23 bits per heavy atom. The number of sulfonamides is 1. The van der Waals surface area contributed by atoms with Crippen molar-refractivity contribution in [2.75, 3.05) is 6.54 Å². The maximum Gasteiger partial charge on any atom is 0.346 e. The van der Waals surface area contributed by atoms with Gasteiger partial charge >= 0.3 is 5.69 Å². The van der Waals surface area contributed by atoms with Gasteiger partial charge in [0.25, 0.3) is 0 Å². The molecule has 0 atom stereocenters. The number of nitrogens with one attached hydrogen (secondary N) is 1. The fraction of sp³-hybridized carbons (Fsp3) is 0.316. The average molecular weight is 468 g/mol. The zero-order chi connectivity index (χ0) is 21.5. The van der Waals surface area contributed by atoms with E-state index in [1.54, 1.807) is 30.0 Å². The lowest BCUT2D eigenvalue weighted by atomic mass is 10.2. The first kappa shape index (κ1) is 21.0. The van der Waals surface area contributed by atoms with Crippen LogP contribution in [0.4, 0.5) is 0 Å². The van der Waals surface area contributed by atoms with Crippen LogP contribution in [-0.4, -0.2) is 34.3 Å². The van der Waals surface area contributed by atoms with E-state index in [9.17, 15) is 13.2 Å². The third-order valence-electron chi connectivity index (χ3n) is 4.82. The number of halogens is 2. The summed E-state index contributed by atoms with van der Waals surface area (Å²) in [5, 5.41) is 4.85. The molecule has 3 aromatic rings. The average Bonchev–Trinajstić information content (AvgIpc) is 3.49. The molecule has 8 nitrogen and oxygen atoms in total. The Labute approximate surface area is 183 Å². The van der Waals surface area contributed by atoms with Crippen LogP contribution in [0.1, 0.15) is 24.4 Å². The summed E-state index contributed by atoms with van der Waals surface area (Å²) in [6.45, 7) is 1.76. The van der Waals surface area contributed by atoms with E-state index >= 15 is 0 Å². The van der Waals surface area contributed by atoms with Crippen molar-refractivity contribution in [3.05, 3.63) is 62.8 Å². The molecular formula is C19H19Cl2N5O3S. The highest BCUT2D eigenvalue weighted by molar-refractivity contribution is 7.89. The van der Waals surface area contributed by atoms with E-state index in [1.165, 1.54) is 16.8 Å². The Kier molecular flexibility index (Phi) is 5.71. The predicted molar refractivity (Wildman–Crippen MR) is 114 cm³/mol. The maximum atomic E-state index is 12.8. The lowest BCUT2D eigenvalue weighted by molar-refractivity contribution is 0.547. The molecule has 30 heavy (non-hydrogen) atoms. The van der Waals surface area contributed by atoms with Crippen LogP contribution in [0.15, 0.2) is 46.3 Å². The van der Waals surface area contributed by atoms with Gasteiger partial charge in [-0.2, -0.15) is 0 Å². The number of hydrogen-bond donors (Lipinski definition) is 1. The van der Waals surface area contributed by atoms with Gasteiger partial charge in [-0.05, 0) is 49.6 Å². The van der Waals surface area contributed by atoms with Crippen molar-refractivity contribution >= 4 is 33.2 Å². The molecule has 158 valence electrons. The molecule has 0 aliphatic heterocycles. The van der Waals surface area contributed by atoms with Crippen molar-refractivity contribution in [2.45, 2.75) is 37.2 Å². The molecule has 1 aliphatic rings. The molecule has 0 amide bonds. The van der Waals surface area contributed by atoms with Crippen LogP contribution in [0.3, 0.4) is 0 Å². The zero-order valence-corrected chi connectivity index (χ0v) is 18.4. The quantitative estimate of drug-likeness (QED) is 0.575. The van der Waals surface area contributed by atoms with Gasteiger partial charge in [0.1, 0.15) is 4.90 Å². The molecule has 1 aromatic carbocycles. The van der Waals surface area contributed by atoms with Crippen LogP contribution >= 0.6 is 23.2 Å². The van der Waals surface area contributed by atoms with Gasteiger partial charge in [-0.15, -0.1) is 5.10 Å². The molecule has 0 bridgehead atoms. The van der Waals surface area contributed by atoms with E-state index in [0.717, 1.165) is 18.4 Å². The van der Waals surface area contributed by atoms with Gasteiger partial charge in [-0.1, -0.05) is 23.2 Å². The summed E-state index contributed by atoms with van der Waals surface area (Å²) in [6.07, 6.45) is 5.14. The van der Waals surface area contributed by atoms with Gasteiger partial charge in [0, 0.05) is 35.6 Å². The Bertz CT molecular complexity index is 1250. The number of aryl methyl sites for hydroxylation is 1. The highest BCUT2D eigenvalue weighted by Gasteiger charge is 2.30. The van der Waals surface area contributed by atoms with Crippen LogP contribution < -0.4 is 10.4 Å². The maximum absolute atomic E-state index is 12.8. The van der Waals surface area contributed by atoms with Crippen LogP contribution in [0, 0.1) is 6.92 Å². The van der Waals surface area contributed by atoms with Crippen LogP contribution in [-0.2, 0) is 16.6 Å². The molecule has 0 spiro atoms. The van der Waals surface area contributed by atoms with Crippen LogP contribution in [0.2, 0.25) is 10.0 Å².